The number of nitrogens with zero attached hydrogens (tertiary/aromatic N) is 2. The predicted octanol–water partition coefficient (Wildman–Crippen LogP) is 3.35. The molecule has 2 aromatic heterocycles. The number of thiophene rings is 1. The van der Waals surface area contributed by atoms with Gasteiger partial charge in [0.1, 0.15) is 0 Å². The molecule has 2 saturated heterocycles. The van der Waals surface area contributed by atoms with Crippen LogP contribution in [0.2, 0.25) is 0 Å². The number of primary amides is 1. The number of fused-ring (bicyclic) bond motifs is 1. The highest BCUT2D eigenvalue weighted by Crippen LogP contribution is 2.37. The van der Waals surface area contributed by atoms with Crippen LogP contribution in [-0.2, 0) is 10.0 Å². The molecule has 36 heavy (non-hydrogen) atoms. The molecule has 2 aliphatic rings. The Morgan fingerprint density at radius 1 is 1.11 bits per heavy atom. The Balaban J connectivity index is 1.25. The summed E-state index contributed by atoms with van der Waals surface area (Å²) in [6, 6.07) is 5.98. The van der Waals surface area contributed by atoms with Crippen molar-refractivity contribution < 1.29 is 18.3 Å². The number of piperidine rings is 2. The van der Waals surface area contributed by atoms with Crippen LogP contribution in [0.3, 0.4) is 0 Å². The number of hydrogen-bond donors (Lipinski definition) is 3. The third kappa shape index (κ3) is 5.38. The monoisotopic (exact) mass is 530 g/mol. The van der Waals surface area contributed by atoms with Crippen molar-refractivity contribution >= 4 is 38.2 Å². The van der Waals surface area contributed by atoms with Crippen LogP contribution in [0.4, 0.5) is 0 Å². The fourth-order valence-electron chi connectivity index (χ4n) is 5.57. The fraction of sp³-hybridized carbons (Fsp3) is 0.500. The summed E-state index contributed by atoms with van der Waals surface area (Å²) in [6.45, 7) is 3.43. The number of H-pyrrole nitrogens is 1. The molecule has 3 aromatic rings. The third-order valence-electron chi connectivity index (χ3n) is 7.66. The molecule has 10 heteroatoms. The van der Waals surface area contributed by atoms with E-state index in [4.69, 9.17) is 5.73 Å². The molecule has 5 rings (SSSR count). The number of aliphatic hydroxyl groups excluding tert-OH is 1. The van der Waals surface area contributed by atoms with Crippen LogP contribution in [-0.4, -0.2) is 78.2 Å². The first kappa shape index (κ1) is 25.4. The number of aromatic amines is 1. The first-order chi connectivity index (χ1) is 17.3. The summed E-state index contributed by atoms with van der Waals surface area (Å²) in [5.41, 5.74) is 10.1. The van der Waals surface area contributed by atoms with Gasteiger partial charge >= 0.3 is 0 Å². The van der Waals surface area contributed by atoms with Crippen molar-refractivity contribution in [3.63, 3.8) is 0 Å². The van der Waals surface area contributed by atoms with Gasteiger partial charge in [-0.25, -0.2) is 12.7 Å². The van der Waals surface area contributed by atoms with Crippen LogP contribution >= 0.6 is 11.3 Å². The van der Waals surface area contributed by atoms with Crippen molar-refractivity contribution in [1.82, 2.24) is 14.2 Å². The summed E-state index contributed by atoms with van der Waals surface area (Å²) in [5, 5.41) is 14.7. The van der Waals surface area contributed by atoms with E-state index in [-0.39, 0.29) is 17.8 Å². The third-order valence-corrected chi connectivity index (χ3v) is 10.3. The molecular weight excluding hydrogens is 496 g/mol. The van der Waals surface area contributed by atoms with E-state index >= 15 is 0 Å². The molecule has 4 heterocycles. The zero-order valence-electron chi connectivity index (χ0n) is 20.4. The quantitative estimate of drug-likeness (QED) is 0.413. The predicted molar refractivity (Wildman–Crippen MR) is 144 cm³/mol. The van der Waals surface area contributed by atoms with Crippen LogP contribution in [0.25, 0.3) is 22.0 Å². The normalized spacial score (nSPS) is 19.2. The lowest BCUT2D eigenvalue weighted by Crippen LogP contribution is -2.40. The van der Waals surface area contributed by atoms with E-state index in [1.165, 1.54) is 0 Å². The maximum atomic E-state index is 13.0. The van der Waals surface area contributed by atoms with Gasteiger partial charge in [-0.1, -0.05) is 0 Å². The second kappa shape index (κ2) is 10.6. The number of nitrogens with two attached hydrogens (primary N) is 1. The topological polar surface area (TPSA) is 120 Å². The Kier molecular flexibility index (Phi) is 7.50. The Bertz CT molecular complexity index is 1300. The molecule has 1 aromatic carbocycles. The number of amides is 1. The highest BCUT2D eigenvalue weighted by Gasteiger charge is 2.30. The van der Waals surface area contributed by atoms with E-state index in [0.29, 0.717) is 25.1 Å². The second-order valence-electron chi connectivity index (χ2n) is 9.98. The van der Waals surface area contributed by atoms with Gasteiger partial charge < -0.3 is 20.7 Å². The minimum Gasteiger partial charge on any atom is -0.393 e. The molecule has 2 fully saturated rings. The molecule has 0 aliphatic carbocycles. The Morgan fingerprint density at radius 2 is 1.86 bits per heavy atom. The van der Waals surface area contributed by atoms with Crippen LogP contribution < -0.4 is 5.73 Å². The number of benzene rings is 1. The lowest BCUT2D eigenvalue weighted by Gasteiger charge is -2.32. The molecular formula is C26H34N4O4S2. The molecule has 194 valence electrons. The number of rotatable bonds is 8. The number of likely N-dealkylation sites (tertiary alicyclic amines) is 1. The molecule has 4 N–H and O–H groups in total. The van der Waals surface area contributed by atoms with Crippen LogP contribution in [0, 0.1) is 0 Å². The molecule has 8 nitrogen and oxygen atoms in total. The number of carbonyl (C=O) groups is 1. The maximum Gasteiger partial charge on any atom is 0.250 e. The number of aliphatic hydroxyl groups is 1. The highest BCUT2D eigenvalue weighted by molar-refractivity contribution is 7.89. The van der Waals surface area contributed by atoms with E-state index in [9.17, 15) is 18.3 Å². The lowest BCUT2D eigenvalue weighted by molar-refractivity contribution is 0.0827. The number of nitrogens with one attached hydrogen (secondary N) is 1. The molecule has 0 unspecified atom stereocenters. The Hall–Kier alpha value is -2.24. The second-order valence-corrected chi connectivity index (χ2v) is 12.9. The lowest BCUT2D eigenvalue weighted by atomic mass is 9.88. The van der Waals surface area contributed by atoms with Crippen LogP contribution in [0.1, 0.15) is 53.9 Å². The van der Waals surface area contributed by atoms with Gasteiger partial charge in [-0.15, -0.1) is 0 Å². The summed E-state index contributed by atoms with van der Waals surface area (Å²) in [4.78, 5) is 17.7. The standard InChI is InChI=1S/C26H34N4O4S2/c27-26(32)23-15-20(19-6-12-35-17-19)14-22-24(16-28-25(22)23)18-2-10-30(11-3-18)36(33,34)13-1-7-29-8-4-21(31)5-9-29/h6,12,14-18,21,28,31H,1-5,7-11,13H2,(H2,27,32). The summed E-state index contributed by atoms with van der Waals surface area (Å²) >= 11 is 1.61. The number of hydrogen-bond acceptors (Lipinski definition) is 6. The van der Waals surface area contributed by atoms with Crippen molar-refractivity contribution in [3.8, 4) is 11.1 Å². The zero-order valence-corrected chi connectivity index (χ0v) is 22.0. The van der Waals surface area contributed by atoms with E-state index in [1.54, 1.807) is 15.6 Å². The summed E-state index contributed by atoms with van der Waals surface area (Å²) < 4.78 is 27.6. The average molecular weight is 531 g/mol. The van der Waals surface area contributed by atoms with Crippen molar-refractivity contribution in [1.29, 1.82) is 0 Å². The molecule has 1 amide bonds. The van der Waals surface area contributed by atoms with Crippen molar-refractivity contribution in [3.05, 3.63) is 46.3 Å². The van der Waals surface area contributed by atoms with Crippen LogP contribution in [0.5, 0.6) is 0 Å². The average Bonchev–Trinajstić information content (AvgIpc) is 3.55. The number of sulfonamides is 1. The molecule has 0 bridgehead atoms. The van der Waals surface area contributed by atoms with E-state index in [1.807, 2.05) is 23.7 Å². The maximum absolute atomic E-state index is 13.0. The van der Waals surface area contributed by atoms with Crippen molar-refractivity contribution in [2.24, 2.45) is 5.73 Å². The Labute approximate surface area is 216 Å². The van der Waals surface area contributed by atoms with Gasteiger partial charge in [0.05, 0.1) is 22.9 Å². The van der Waals surface area contributed by atoms with E-state index in [2.05, 4.69) is 21.3 Å². The van der Waals surface area contributed by atoms with Gasteiger partial charge in [-0.3, -0.25) is 4.79 Å². The molecule has 0 spiro atoms. The molecule has 0 radical (unpaired) electrons. The van der Waals surface area contributed by atoms with Crippen molar-refractivity contribution in [2.45, 2.75) is 44.1 Å². The van der Waals surface area contributed by atoms with Crippen molar-refractivity contribution in [2.75, 3.05) is 38.5 Å². The van der Waals surface area contributed by atoms with Gasteiger partial charge in [0.2, 0.25) is 10.0 Å². The highest BCUT2D eigenvalue weighted by atomic mass is 32.2. The summed E-state index contributed by atoms with van der Waals surface area (Å²) in [7, 11) is -3.29. The zero-order chi connectivity index (χ0) is 25.3. The number of carbonyl (C=O) groups excluding carboxylic acids is 1. The first-order valence-electron chi connectivity index (χ1n) is 12.7. The van der Waals surface area contributed by atoms with E-state index < -0.39 is 15.9 Å². The summed E-state index contributed by atoms with van der Waals surface area (Å²) in [6.07, 6.45) is 5.37. The molecule has 2 aliphatic heterocycles. The SMILES string of the molecule is NC(=O)c1cc(-c2ccsc2)cc2c(C3CCN(S(=O)(=O)CCCN4CCC(O)CC4)CC3)c[nH]c12. The molecule has 0 atom stereocenters. The van der Waals surface area contributed by atoms with E-state index in [0.717, 1.165) is 72.9 Å². The smallest absolute Gasteiger partial charge is 0.250 e. The first-order valence-corrected chi connectivity index (χ1v) is 15.2. The van der Waals surface area contributed by atoms with Crippen LogP contribution in [0.15, 0.2) is 35.2 Å². The largest absolute Gasteiger partial charge is 0.393 e. The van der Waals surface area contributed by atoms with Gasteiger partial charge in [-0.05, 0) is 90.2 Å². The van der Waals surface area contributed by atoms with Gasteiger partial charge in [0, 0.05) is 37.8 Å². The Morgan fingerprint density at radius 3 is 2.53 bits per heavy atom. The molecule has 0 saturated carbocycles. The van der Waals surface area contributed by atoms with Gasteiger partial charge in [0.25, 0.3) is 5.91 Å². The van der Waals surface area contributed by atoms with Gasteiger partial charge in [-0.2, -0.15) is 11.3 Å². The minimum atomic E-state index is -3.29. The van der Waals surface area contributed by atoms with Gasteiger partial charge in [0.15, 0.2) is 0 Å². The summed E-state index contributed by atoms with van der Waals surface area (Å²) in [5.74, 6) is -0.0916. The minimum absolute atomic E-state index is 0.162. The fourth-order valence-corrected chi connectivity index (χ4v) is 7.75. The number of aromatic nitrogens is 1.